The number of amides is 1. The minimum Gasteiger partial charge on any atom is -0.323 e. The first kappa shape index (κ1) is 14.9. The third-order valence-corrected chi connectivity index (χ3v) is 5.24. The van der Waals surface area contributed by atoms with E-state index in [-0.39, 0.29) is 18.2 Å². The number of carbonyl (C=O) groups excluding carboxylic acids is 1. The van der Waals surface area contributed by atoms with Crippen molar-refractivity contribution < 1.29 is 13.2 Å². The summed E-state index contributed by atoms with van der Waals surface area (Å²) in [5, 5.41) is 3.15. The van der Waals surface area contributed by atoms with Crippen molar-refractivity contribution in [2.45, 2.75) is 5.75 Å². The highest BCUT2D eigenvalue weighted by atomic mass is 35.5. The Hall–Kier alpha value is -2.05. The number of fused-ring (bicyclic) bond motifs is 1. The topological polar surface area (TPSA) is 66.5 Å². The van der Waals surface area contributed by atoms with Gasteiger partial charge in [-0.2, -0.15) is 0 Å². The van der Waals surface area contributed by atoms with Gasteiger partial charge in [0.1, 0.15) is 6.54 Å². The van der Waals surface area contributed by atoms with Crippen LogP contribution in [0.4, 0.5) is 11.4 Å². The molecule has 0 aromatic heterocycles. The predicted molar refractivity (Wildman–Crippen MR) is 86.5 cm³/mol. The molecule has 0 saturated heterocycles. The molecule has 2 aromatic carbocycles. The highest BCUT2D eigenvalue weighted by Gasteiger charge is 2.31. The maximum Gasteiger partial charge on any atom is 0.245 e. The number of sulfonamides is 1. The number of benzene rings is 2. The maximum atomic E-state index is 12.7. The Balaban J connectivity index is 1.97. The zero-order valence-electron chi connectivity index (χ0n) is 11.5. The van der Waals surface area contributed by atoms with Crippen molar-refractivity contribution in [3.8, 4) is 0 Å². The first-order valence-corrected chi connectivity index (χ1v) is 8.58. The van der Waals surface area contributed by atoms with Crippen molar-refractivity contribution in [2.75, 3.05) is 16.2 Å². The molecular weight excluding hydrogens is 324 g/mol. The molecular formula is C15H13ClN2O3S. The fraction of sp³-hybridized carbons (Fsp3) is 0.133. The monoisotopic (exact) mass is 336 g/mol. The lowest BCUT2D eigenvalue weighted by atomic mass is 10.2. The van der Waals surface area contributed by atoms with Crippen molar-refractivity contribution in [1.82, 2.24) is 0 Å². The summed E-state index contributed by atoms with van der Waals surface area (Å²) in [5.41, 5.74) is 1.55. The minimum atomic E-state index is -3.69. The molecule has 0 spiro atoms. The molecule has 0 saturated carbocycles. The van der Waals surface area contributed by atoms with Crippen LogP contribution in [0.1, 0.15) is 5.56 Å². The van der Waals surface area contributed by atoms with E-state index in [1.54, 1.807) is 48.5 Å². The Kier molecular flexibility index (Phi) is 3.80. The molecule has 1 N–H and O–H groups in total. The molecule has 1 heterocycles. The van der Waals surface area contributed by atoms with E-state index in [0.717, 1.165) is 4.31 Å². The zero-order chi connectivity index (χ0) is 15.7. The van der Waals surface area contributed by atoms with Crippen LogP contribution >= 0.6 is 11.6 Å². The van der Waals surface area contributed by atoms with E-state index in [1.165, 1.54) is 0 Å². The fourth-order valence-electron chi connectivity index (χ4n) is 2.37. The van der Waals surface area contributed by atoms with Crippen LogP contribution in [0.3, 0.4) is 0 Å². The number of halogens is 1. The smallest absolute Gasteiger partial charge is 0.245 e. The minimum absolute atomic E-state index is 0.213. The summed E-state index contributed by atoms with van der Waals surface area (Å²) in [6.45, 7) is -0.222. The first-order valence-electron chi connectivity index (χ1n) is 6.59. The summed E-state index contributed by atoms with van der Waals surface area (Å²) < 4.78 is 26.5. The lowest BCUT2D eigenvalue weighted by Crippen LogP contribution is -2.42. The fourth-order valence-corrected chi connectivity index (χ4v) is 4.11. The van der Waals surface area contributed by atoms with E-state index in [2.05, 4.69) is 5.32 Å². The Bertz CT molecular complexity index is 836. The number of anilines is 2. The lowest BCUT2D eigenvalue weighted by molar-refractivity contribution is -0.115. The molecule has 1 aliphatic rings. The maximum absolute atomic E-state index is 12.7. The molecule has 0 radical (unpaired) electrons. The number of para-hydroxylation sites is 2. The van der Waals surface area contributed by atoms with Crippen LogP contribution < -0.4 is 9.62 Å². The van der Waals surface area contributed by atoms with E-state index >= 15 is 0 Å². The van der Waals surface area contributed by atoms with E-state index in [1.807, 2.05) is 0 Å². The van der Waals surface area contributed by atoms with Gasteiger partial charge in [-0.25, -0.2) is 8.42 Å². The molecule has 7 heteroatoms. The molecule has 0 unspecified atom stereocenters. The van der Waals surface area contributed by atoms with Crippen molar-refractivity contribution in [3.63, 3.8) is 0 Å². The molecule has 114 valence electrons. The lowest BCUT2D eigenvalue weighted by Gasteiger charge is -2.30. The highest BCUT2D eigenvalue weighted by molar-refractivity contribution is 7.92. The van der Waals surface area contributed by atoms with Crippen molar-refractivity contribution in [1.29, 1.82) is 0 Å². The molecule has 0 bridgehead atoms. The summed E-state index contributed by atoms with van der Waals surface area (Å²) in [5.74, 6) is -0.566. The van der Waals surface area contributed by atoms with Crippen molar-refractivity contribution in [3.05, 3.63) is 59.1 Å². The number of hydrogen-bond donors (Lipinski definition) is 1. The van der Waals surface area contributed by atoms with Gasteiger partial charge in [-0.3, -0.25) is 9.10 Å². The van der Waals surface area contributed by atoms with Crippen LogP contribution in [0.2, 0.25) is 5.02 Å². The van der Waals surface area contributed by atoms with Crippen LogP contribution in [0.25, 0.3) is 0 Å². The summed E-state index contributed by atoms with van der Waals surface area (Å²) in [4.78, 5) is 11.8. The van der Waals surface area contributed by atoms with E-state index in [4.69, 9.17) is 11.6 Å². The molecule has 1 aliphatic heterocycles. The van der Waals surface area contributed by atoms with Crippen molar-refractivity contribution in [2.24, 2.45) is 0 Å². The molecule has 0 atom stereocenters. The molecule has 0 aliphatic carbocycles. The Labute approximate surface area is 133 Å². The number of rotatable bonds is 3. The molecule has 1 amide bonds. The second-order valence-electron chi connectivity index (χ2n) is 4.96. The van der Waals surface area contributed by atoms with Gasteiger partial charge in [-0.05, 0) is 29.8 Å². The third-order valence-electron chi connectivity index (χ3n) is 3.31. The van der Waals surface area contributed by atoms with Crippen molar-refractivity contribution >= 4 is 38.9 Å². The summed E-state index contributed by atoms with van der Waals surface area (Å²) >= 11 is 5.89. The quantitative estimate of drug-likeness (QED) is 0.937. The summed E-state index contributed by atoms with van der Waals surface area (Å²) in [7, 11) is -3.69. The average Bonchev–Trinajstić information content (AvgIpc) is 2.45. The predicted octanol–water partition coefficient (Wildman–Crippen LogP) is 2.63. The zero-order valence-corrected chi connectivity index (χ0v) is 13.1. The number of nitrogens with zero attached hydrogens (tertiary/aromatic N) is 1. The van der Waals surface area contributed by atoms with Crippen LogP contribution in [0.15, 0.2) is 48.5 Å². The van der Waals surface area contributed by atoms with Gasteiger partial charge in [0.05, 0.1) is 17.1 Å². The first-order chi connectivity index (χ1) is 10.5. The van der Waals surface area contributed by atoms with E-state index < -0.39 is 10.0 Å². The SMILES string of the molecule is O=C1CN(S(=O)(=O)Cc2cccc(Cl)c2)c2ccccc2N1. The number of nitrogens with one attached hydrogen (secondary N) is 1. The molecule has 22 heavy (non-hydrogen) atoms. The molecule has 0 fully saturated rings. The second-order valence-corrected chi connectivity index (χ2v) is 7.29. The van der Waals surface area contributed by atoms with Gasteiger partial charge >= 0.3 is 0 Å². The Morgan fingerprint density at radius 2 is 1.91 bits per heavy atom. The summed E-state index contributed by atoms with van der Waals surface area (Å²) in [6, 6.07) is 13.5. The van der Waals surface area contributed by atoms with Gasteiger partial charge in [0, 0.05) is 5.02 Å². The average molecular weight is 337 g/mol. The molecule has 2 aromatic rings. The standard InChI is InChI=1S/C15H13ClN2O3S/c16-12-5-3-4-11(8-12)10-22(20,21)18-9-15(19)17-13-6-1-2-7-14(13)18/h1-8H,9-10H2,(H,17,19). The van der Waals surface area contributed by atoms with Gasteiger partial charge < -0.3 is 5.32 Å². The summed E-state index contributed by atoms with van der Waals surface area (Å²) in [6.07, 6.45) is 0. The Morgan fingerprint density at radius 3 is 2.68 bits per heavy atom. The molecule has 5 nitrogen and oxygen atoms in total. The highest BCUT2D eigenvalue weighted by Crippen LogP contribution is 2.32. The van der Waals surface area contributed by atoms with Gasteiger partial charge in [0.25, 0.3) is 0 Å². The van der Waals surface area contributed by atoms with E-state index in [9.17, 15) is 13.2 Å². The van der Waals surface area contributed by atoms with Crippen LogP contribution in [-0.2, 0) is 20.6 Å². The molecule has 3 rings (SSSR count). The van der Waals surface area contributed by atoms with Crippen LogP contribution in [0, 0.1) is 0 Å². The Morgan fingerprint density at radius 1 is 1.14 bits per heavy atom. The van der Waals surface area contributed by atoms with E-state index in [0.29, 0.717) is 22.0 Å². The van der Waals surface area contributed by atoms with Gasteiger partial charge in [0.15, 0.2) is 0 Å². The van der Waals surface area contributed by atoms with Crippen LogP contribution in [-0.4, -0.2) is 20.9 Å². The number of carbonyl (C=O) groups is 1. The largest absolute Gasteiger partial charge is 0.323 e. The second kappa shape index (κ2) is 5.62. The number of hydrogen-bond acceptors (Lipinski definition) is 3. The van der Waals surface area contributed by atoms with Crippen LogP contribution in [0.5, 0.6) is 0 Å². The van der Waals surface area contributed by atoms with Gasteiger partial charge in [-0.1, -0.05) is 35.9 Å². The normalized spacial score (nSPS) is 14.4. The van der Waals surface area contributed by atoms with Gasteiger partial charge in [0.2, 0.25) is 15.9 Å². The van der Waals surface area contributed by atoms with Gasteiger partial charge in [-0.15, -0.1) is 0 Å². The third kappa shape index (κ3) is 2.93.